The second-order valence-corrected chi connectivity index (χ2v) is 18.9. The topological polar surface area (TPSA) is 50.2 Å². The van der Waals surface area contributed by atoms with Crippen LogP contribution in [0, 0.1) is 47.0 Å². The third-order valence-corrected chi connectivity index (χ3v) is 11.9. The first kappa shape index (κ1) is 46.3. The van der Waals surface area contributed by atoms with E-state index in [0.717, 1.165) is 42.4 Å². The number of aliphatic hydroxyl groups excluding tert-OH is 1. The van der Waals surface area contributed by atoms with Crippen molar-refractivity contribution in [3.05, 3.63) is 89.8 Å². The summed E-state index contributed by atoms with van der Waals surface area (Å²) in [6.07, 6.45) is -1.08. The summed E-state index contributed by atoms with van der Waals surface area (Å²) < 4.78 is 42.9. The van der Waals surface area contributed by atoms with Crippen molar-refractivity contribution in [2.24, 2.45) is 40.9 Å². The van der Waals surface area contributed by atoms with Gasteiger partial charge >= 0.3 is 6.18 Å². The van der Waals surface area contributed by atoms with Crippen molar-refractivity contribution in [1.82, 2.24) is 4.98 Å². The van der Waals surface area contributed by atoms with Crippen LogP contribution in [0.5, 0.6) is 0 Å². The maximum absolute atomic E-state index is 13.7. The fourth-order valence-electron chi connectivity index (χ4n) is 7.89. The van der Waals surface area contributed by atoms with Gasteiger partial charge in [-0.05, 0) is 52.5 Å². The van der Waals surface area contributed by atoms with E-state index >= 15 is 0 Å². The zero-order valence-electron chi connectivity index (χ0n) is 34.7. The Hall–Kier alpha value is -3.06. The summed E-state index contributed by atoms with van der Waals surface area (Å²) in [5.74, 6) is 1.63. The average molecular weight is 951 g/mol. The van der Waals surface area contributed by atoms with E-state index in [0.29, 0.717) is 23.7 Å². The van der Waals surface area contributed by atoms with Crippen LogP contribution >= 0.6 is 11.3 Å². The van der Waals surface area contributed by atoms with Gasteiger partial charge in [0, 0.05) is 64.7 Å². The molecule has 0 spiro atoms. The Labute approximate surface area is 344 Å². The maximum atomic E-state index is 13.7. The molecule has 0 aliphatic rings. The van der Waals surface area contributed by atoms with Crippen molar-refractivity contribution in [3.8, 4) is 11.3 Å². The van der Waals surface area contributed by atoms with Gasteiger partial charge in [-0.25, -0.2) is 0 Å². The molecule has 2 heterocycles. The Balaban J connectivity index is 0.000000349. The molecule has 1 radical (unpaired) electrons. The molecule has 0 saturated carbocycles. The number of fused-ring (bicyclic) bond motifs is 4. The Bertz CT molecular complexity index is 2100. The third kappa shape index (κ3) is 10.5. The first-order valence-electron chi connectivity index (χ1n) is 19.2. The second kappa shape index (κ2) is 18.0. The van der Waals surface area contributed by atoms with Crippen molar-refractivity contribution in [1.29, 1.82) is 0 Å². The van der Waals surface area contributed by atoms with Crippen molar-refractivity contribution in [2.75, 3.05) is 0 Å². The van der Waals surface area contributed by atoms with E-state index in [1.165, 1.54) is 42.2 Å². The van der Waals surface area contributed by atoms with Gasteiger partial charge in [-0.3, -0.25) is 9.78 Å². The Morgan fingerprint density at radius 1 is 0.782 bits per heavy atom. The van der Waals surface area contributed by atoms with E-state index in [4.69, 9.17) is 4.98 Å². The molecule has 8 heteroatoms. The first-order valence-corrected chi connectivity index (χ1v) is 20.0. The first-order chi connectivity index (χ1) is 25.0. The van der Waals surface area contributed by atoms with Crippen molar-refractivity contribution < 1.29 is 43.2 Å². The Kier molecular flexibility index (Phi) is 15.2. The van der Waals surface area contributed by atoms with Crippen LogP contribution in [0.1, 0.15) is 101 Å². The zero-order valence-corrected chi connectivity index (χ0v) is 37.9. The molecule has 0 atom stereocenters. The van der Waals surface area contributed by atoms with E-state index < -0.39 is 11.6 Å². The number of thiophene rings is 1. The van der Waals surface area contributed by atoms with Gasteiger partial charge in [0.15, 0.2) is 5.78 Å². The average Bonchev–Trinajstić information content (AvgIpc) is 3.42. The van der Waals surface area contributed by atoms with Crippen LogP contribution < -0.4 is 0 Å². The van der Waals surface area contributed by atoms with E-state index in [1.54, 1.807) is 6.20 Å². The molecule has 0 amide bonds. The summed E-state index contributed by atoms with van der Waals surface area (Å²) in [5.41, 5.74) is 1.77. The molecule has 3 aromatic carbocycles. The fourth-order valence-corrected chi connectivity index (χ4v) is 9.20. The maximum Gasteiger partial charge on any atom is 0.394 e. The molecule has 0 aliphatic carbocycles. The number of allylic oxidation sites excluding steroid dienone is 2. The van der Waals surface area contributed by atoms with Crippen LogP contribution in [0.2, 0.25) is 0 Å². The van der Waals surface area contributed by atoms with Crippen LogP contribution in [-0.2, 0) is 36.7 Å². The summed E-state index contributed by atoms with van der Waals surface area (Å²) in [7, 11) is 0. The number of pyridine rings is 1. The number of aliphatic hydroxyl groups is 1. The minimum absolute atomic E-state index is 0. The van der Waals surface area contributed by atoms with Crippen molar-refractivity contribution in [2.45, 2.75) is 108 Å². The number of carbonyl (C=O) groups is 1. The molecule has 5 rings (SSSR count). The van der Waals surface area contributed by atoms with Crippen LogP contribution in [-0.4, -0.2) is 22.1 Å². The van der Waals surface area contributed by atoms with E-state index in [9.17, 15) is 23.1 Å². The molecule has 0 unspecified atom stereocenters. The summed E-state index contributed by atoms with van der Waals surface area (Å²) in [6, 6.07) is 21.6. The Morgan fingerprint density at radius 2 is 1.33 bits per heavy atom. The number of hydrogen-bond acceptors (Lipinski definition) is 4. The van der Waals surface area contributed by atoms with Gasteiger partial charge in [0.1, 0.15) is 0 Å². The molecule has 2 aromatic heterocycles. The van der Waals surface area contributed by atoms with Crippen molar-refractivity contribution in [3.63, 3.8) is 0 Å². The number of benzene rings is 3. The molecule has 1 N–H and O–H groups in total. The van der Waals surface area contributed by atoms with Crippen molar-refractivity contribution >= 4 is 48.1 Å². The van der Waals surface area contributed by atoms with Gasteiger partial charge in [0.05, 0.1) is 11.2 Å². The molecule has 0 aliphatic heterocycles. The third-order valence-electron chi connectivity index (χ3n) is 10.6. The standard InChI is InChI=1S/C30H27F3NS.C17H32O2.Ir/c1-28(2,3)24-16-20(15-18-9-6-7-11-21(18)24)25-27-23(13-14-34-25)22-12-8-10-19(26(22)35-27)17-29(4,5)30(31,32)33;1-10(2)16(11(3)4)14(18)9-15(19)17(12(5)6)13(7)8;/h6-14,16H,17H2,1-5H3;9-13,16-18H,1-8H3;/q-1;;/b;14-9-;. The number of nitrogens with zero attached hydrogens (tertiary/aromatic N) is 1. The van der Waals surface area contributed by atoms with Gasteiger partial charge < -0.3 is 5.11 Å². The SMILES string of the molecule is CC(C)(C)c1cc(-c2nccc3c2sc2c(CC(C)(C)C(F)(F)F)cccc23)[c-]c2ccccc12.CC(C)C(C(=O)/C=C(\O)C(C(C)C)C(C)C)C(C)C.[Ir]. The summed E-state index contributed by atoms with van der Waals surface area (Å²) in [5, 5.41) is 14.5. The van der Waals surface area contributed by atoms with Gasteiger partial charge in [-0.1, -0.05) is 137 Å². The molecule has 301 valence electrons. The number of aromatic nitrogens is 1. The molecule has 0 bridgehead atoms. The minimum Gasteiger partial charge on any atom is -0.512 e. The largest absolute Gasteiger partial charge is 0.512 e. The predicted octanol–water partition coefficient (Wildman–Crippen LogP) is 14.3. The van der Waals surface area contributed by atoms with Crippen LogP contribution in [0.4, 0.5) is 13.2 Å². The minimum atomic E-state index is -4.28. The molecule has 0 fully saturated rings. The number of rotatable bonds is 10. The van der Waals surface area contributed by atoms with E-state index in [1.807, 2.05) is 36.4 Å². The normalized spacial score (nSPS) is 13.2. The second-order valence-electron chi connectivity index (χ2n) is 17.9. The van der Waals surface area contributed by atoms with E-state index in [-0.39, 0.29) is 55.3 Å². The predicted molar refractivity (Wildman–Crippen MR) is 223 cm³/mol. The zero-order chi connectivity index (χ0) is 40.5. The Morgan fingerprint density at radius 3 is 1.87 bits per heavy atom. The molecule has 55 heavy (non-hydrogen) atoms. The summed E-state index contributed by atoms with van der Waals surface area (Å²) >= 11 is 1.53. The van der Waals surface area contributed by atoms with E-state index in [2.05, 4.69) is 100 Å². The molecular formula is C47H59F3IrNO2S-. The monoisotopic (exact) mass is 951 g/mol. The van der Waals surface area contributed by atoms with Gasteiger partial charge in [0.2, 0.25) is 0 Å². The number of hydrogen-bond donors (Lipinski definition) is 1. The van der Waals surface area contributed by atoms with Gasteiger partial charge in [-0.15, -0.1) is 40.5 Å². The number of halogens is 3. The van der Waals surface area contributed by atoms with Gasteiger partial charge in [-0.2, -0.15) is 13.2 Å². The number of carbonyl (C=O) groups excluding carboxylic acids is 1. The number of alkyl halides is 3. The van der Waals surface area contributed by atoms with Crippen LogP contribution in [0.3, 0.4) is 0 Å². The van der Waals surface area contributed by atoms with Gasteiger partial charge in [0.25, 0.3) is 0 Å². The summed E-state index contributed by atoms with van der Waals surface area (Å²) in [4.78, 5) is 17.1. The quantitative estimate of drug-likeness (QED) is 0.0862. The molecule has 5 aromatic rings. The molecular weight excluding hydrogens is 892 g/mol. The fraction of sp³-hybridized carbons (Fsp3) is 0.489. The molecule has 3 nitrogen and oxygen atoms in total. The van der Waals surface area contributed by atoms with Crippen LogP contribution in [0.15, 0.2) is 72.6 Å². The summed E-state index contributed by atoms with van der Waals surface area (Å²) in [6.45, 7) is 25.7. The number of ketones is 1. The van der Waals surface area contributed by atoms with Crippen LogP contribution in [0.25, 0.3) is 42.2 Å². The smallest absolute Gasteiger partial charge is 0.394 e. The molecule has 0 saturated heterocycles.